The minimum Gasteiger partial charge on any atom is -0.312 e. The van der Waals surface area contributed by atoms with Crippen molar-refractivity contribution in [2.24, 2.45) is 0 Å². The molecule has 3 heterocycles. The van der Waals surface area contributed by atoms with E-state index < -0.39 is 0 Å². The highest BCUT2D eigenvalue weighted by molar-refractivity contribution is 7.25. The predicted molar refractivity (Wildman–Crippen MR) is 54.7 cm³/mol. The second-order valence-electron chi connectivity index (χ2n) is 3.80. The van der Waals surface area contributed by atoms with E-state index in [0.717, 1.165) is 13.3 Å². The molecule has 12 heavy (non-hydrogen) atoms. The van der Waals surface area contributed by atoms with E-state index in [4.69, 9.17) is 0 Å². The molecule has 1 fully saturated rings. The van der Waals surface area contributed by atoms with Crippen LogP contribution in [-0.2, 0) is 13.0 Å². The van der Waals surface area contributed by atoms with Gasteiger partial charge in [-0.25, -0.2) is 0 Å². The quantitative estimate of drug-likeness (QED) is 0.633. The normalized spacial score (nSPS) is 20.8. The zero-order valence-corrected chi connectivity index (χ0v) is 7.91. The zero-order chi connectivity index (χ0) is 7.97. The highest BCUT2D eigenvalue weighted by Gasteiger charge is 2.31. The molecular formula is C9H12BNS. The van der Waals surface area contributed by atoms with Gasteiger partial charge in [0.1, 0.15) is 0 Å². The smallest absolute Gasteiger partial charge is 0.187 e. The standard InChI is InChI=1S/C9H12BNS/c1-4-11-6-7-5-9(10-2-3-10)12-8(1)7/h5,11H,1-4,6H2. The minimum absolute atomic E-state index is 0.945. The van der Waals surface area contributed by atoms with Crippen LogP contribution in [0.2, 0.25) is 12.6 Å². The lowest BCUT2D eigenvalue weighted by atomic mass is 9.69. The SMILES string of the molecule is c1c(B2CC2)sc2c1CNCC2. The number of hydrogen-bond acceptors (Lipinski definition) is 2. The van der Waals surface area contributed by atoms with Crippen molar-refractivity contribution >= 4 is 22.8 Å². The number of hydrogen-bond donors (Lipinski definition) is 1. The molecule has 2 aliphatic heterocycles. The summed E-state index contributed by atoms with van der Waals surface area (Å²) in [5, 5.41) is 3.42. The molecule has 1 nitrogen and oxygen atoms in total. The fraction of sp³-hybridized carbons (Fsp3) is 0.556. The highest BCUT2D eigenvalue weighted by atomic mass is 32.1. The molecule has 2 aliphatic rings. The largest absolute Gasteiger partial charge is 0.312 e. The molecule has 1 N–H and O–H groups in total. The first-order valence-corrected chi connectivity index (χ1v) is 5.57. The van der Waals surface area contributed by atoms with Crippen LogP contribution in [0, 0.1) is 0 Å². The van der Waals surface area contributed by atoms with Gasteiger partial charge >= 0.3 is 0 Å². The summed E-state index contributed by atoms with van der Waals surface area (Å²) in [6, 6.07) is 2.43. The number of rotatable bonds is 1. The lowest BCUT2D eigenvalue weighted by Gasteiger charge is -2.11. The lowest BCUT2D eigenvalue weighted by Crippen LogP contribution is -2.21. The molecule has 0 saturated carbocycles. The topological polar surface area (TPSA) is 12.0 Å². The average molecular weight is 177 g/mol. The van der Waals surface area contributed by atoms with E-state index >= 15 is 0 Å². The number of nitrogens with one attached hydrogen (secondary N) is 1. The fourth-order valence-corrected chi connectivity index (χ4v) is 3.20. The van der Waals surface area contributed by atoms with Gasteiger partial charge in [0, 0.05) is 18.0 Å². The van der Waals surface area contributed by atoms with E-state index in [2.05, 4.69) is 22.7 Å². The van der Waals surface area contributed by atoms with Gasteiger partial charge in [0.05, 0.1) is 0 Å². The van der Waals surface area contributed by atoms with E-state index in [1.807, 2.05) is 0 Å². The molecule has 0 unspecified atom stereocenters. The lowest BCUT2D eigenvalue weighted by molar-refractivity contribution is 0.653. The van der Waals surface area contributed by atoms with Crippen molar-refractivity contribution < 1.29 is 0 Å². The molecule has 1 aromatic rings. The Labute approximate surface area is 77.3 Å². The molecule has 0 aliphatic carbocycles. The molecule has 0 atom stereocenters. The van der Waals surface area contributed by atoms with Crippen molar-refractivity contribution in [3.63, 3.8) is 0 Å². The van der Waals surface area contributed by atoms with E-state index in [1.54, 1.807) is 15.2 Å². The summed E-state index contributed by atoms with van der Waals surface area (Å²) >= 11 is 2.07. The van der Waals surface area contributed by atoms with Crippen LogP contribution in [-0.4, -0.2) is 13.3 Å². The number of thiophene rings is 1. The Bertz CT molecular complexity index is 280. The van der Waals surface area contributed by atoms with Gasteiger partial charge in [0.15, 0.2) is 6.71 Å². The third-order valence-corrected chi connectivity index (χ3v) is 4.14. The van der Waals surface area contributed by atoms with E-state index in [9.17, 15) is 0 Å². The maximum atomic E-state index is 3.42. The molecule has 62 valence electrons. The van der Waals surface area contributed by atoms with Gasteiger partial charge in [-0.2, -0.15) is 11.3 Å². The Morgan fingerprint density at radius 1 is 1.42 bits per heavy atom. The van der Waals surface area contributed by atoms with Crippen LogP contribution >= 0.6 is 11.3 Å². The third-order valence-electron chi connectivity index (χ3n) is 2.74. The molecular weight excluding hydrogens is 165 g/mol. The van der Waals surface area contributed by atoms with Crippen molar-refractivity contribution in [1.29, 1.82) is 0 Å². The van der Waals surface area contributed by atoms with Gasteiger partial charge in [0.2, 0.25) is 0 Å². The van der Waals surface area contributed by atoms with Gasteiger partial charge in [-0.3, -0.25) is 0 Å². The van der Waals surface area contributed by atoms with Crippen molar-refractivity contribution in [3.8, 4) is 0 Å². The van der Waals surface area contributed by atoms with Crippen LogP contribution in [0.3, 0.4) is 0 Å². The van der Waals surface area contributed by atoms with Crippen molar-refractivity contribution in [1.82, 2.24) is 5.32 Å². The number of fused-ring (bicyclic) bond motifs is 1. The molecule has 0 spiro atoms. The van der Waals surface area contributed by atoms with E-state index in [1.165, 1.54) is 25.6 Å². The van der Waals surface area contributed by atoms with Gasteiger partial charge < -0.3 is 5.32 Å². The van der Waals surface area contributed by atoms with E-state index in [-0.39, 0.29) is 0 Å². The van der Waals surface area contributed by atoms with Crippen LogP contribution in [0.1, 0.15) is 10.4 Å². The molecule has 0 amide bonds. The van der Waals surface area contributed by atoms with E-state index in [0.29, 0.717) is 0 Å². The minimum atomic E-state index is 0.945. The first-order valence-electron chi connectivity index (χ1n) is 4.75. The summed E-state index contributed by atoms with van der Waals surface area (Å²) in [5.74, 6) is 0. The monoisotopic (exact) mass is 177 g/mol. The first-order chi connectivity index (χ1) is 5.93. The maximum absolute atomic E-state index is 3.42. The molecule has 1 saturated heterocycles. The van der Waals surface area contributed by atoms with Gasteiger partial charge in [-0.1, -0.05) is 18.7 Å². The maximum Gasteiger partial charge on any atom is 0.187 e. The van der Waals surface area contributed by atoms with Gasteiger partial charge in [0.25, 0.3) is 0 Å². The molecule has 0 aromatic carbocycles. The Morgan fingerprint density at radius 2 is 2.33 bits per heavy atom. The van der Waals surface area contributed by atoms with Crippen LogP contribution in [0.15, 0.2) is 6.07 Å². The summed E-state index contributed by atoms with van der Waals surface area (Å²) in [5.41, 5.74) is 1.58. The summed E-state index contributed by atoms with van der Waals surface area (Å²) in [6.45, 7) is 3.23. The zero-order valence-electron chi connectivity index (χ0n) is 7.10. The average Bonchev–Trinajstić information content (AvgIpc) is 2.85. The molecule has 3 heteroatoms. The summed E-state index contributed by atoms with van der Waals surface area (Å²) in [7, 11) is 0. The first kappa shape index (κ1) is 7.16. The summed E-state index contributed by atoms with van der Waals surface area (Å²) < 4.78 is 1.66. The molecule has 0 bridgehead atoms. The van der Waals surface area contributed by atoms with Crippen molar-refractivity contribution in [3.05, 3.63) is 16.5 Å². The summed E-state index contributed by atoms with van der Waals surface area (Å²) in [6.07, 6.45) is 4.13. The van der Waals surface area contributed by atoms with Gasteiger partial charge in [-0.15, -0.1) is 0 Å². The Balaban J connectivity index is 1.97. The van der Waals surface area contributed by atoms with Crippen LogP contribution < -0.4 is 10.1 Å². The molecule has 0 radical (unpaired) electrons. The fourth-order valence-electron chi connectivity index (χ4n) is 1.84. The van der Waals surface area contributed by atoms with Crippen LogP contribution in [0.5, 0.6) is 0 Å². The molecule has 3 rings (SSSR count). The van der Waals surface area contributed by atoms with Crippen LogP contribution in [0.25, 0.3) is 0 Å². The second-order valence-corrected chi connectivity index (χ2v) is 4.97. The van der Waals surface area contributed by atoms with Gasteiger partial charge in [-0.05, 0) is 16.8 Å². The summed E-state index contributed by atoms with van der Waals surface area (Å²) in [4.78, 5) is 1.65. The Hall–Kier alpha value is -0.275. The predicted octanol–water partition coefficient (Wildman–Crippen LogP) is 1.11. The highest BCUT2D eigenvalue weighted by Crippen LogP contribution is 2.27. The second kappa shape index (κ2) is 2.61. The third kappa shape index (κ3) is 1.12. The van der Waals surface area contributed by atoms with Crippen LogP contribution in [0.4, 0.5) is 0 Å². The Kier molecular flexibility index (Phi) is 1.56. The Morgan fingerprint density at radius 3 is 3.08 bits per heavy atom. The van der Waals surface area contributed by atoms with Crippen molar-refractivity contribution in [2.75, 3.05) is 6.54 Å². The molecule has 1 aromatic heterocycles. The van der Waals surface area contributed by atoms with Crippen molar-refractivity contribution in [2.45, 2.75) is 25.6 Å².